The molecule has 0 aliphatic rings. The predicted octanol–water partition coefficient (Wildman–Crippen LogP) is 5.97. The number of benzene rings is 3. The summed E-state index contributed by atoms with van der Waals surface area (Å²) in [6.45, 7) is 4.05. The Kier molecular flexibility index (Phi) is 6.07. The van der Waals surface area contributed by atoms with E-state index in [0.717, 1.165) is 33.5 Å². The Hall–Kier alpha value is -4.75. The van der Waals surface area contributed by atoms with Crippen LogP contribution in [0.4, 0.5) is 0 Å². The molecule has 3 aromatic carbocycles. The van der Waals surface area contributed by atoms with Crippen molar-refractivity contribution in [2.75, 3.05) is 0 Å². The fourth-order valence-electron chi connectivity index (χ4n) is 4.00. The van der Waals surface area contributed by atoms with Crippen molar-refractivity contribution in [3.8, 4) is 17.5 Å². The first-order valence-corrected chi connectivity index (χ1v) is 11.4. The Balaban J connectivity index is 1.63. The fourth-order valence-corrected chi connectivity index (χ4v) is 4.00. The molecular formula is C31H23N3O. The van der Waals surface area contributed by atoms with Gasteiger partial charge >= 0.3 is 0 Å². The highest BCUT2D eigenvalue weighted by Crippen LogP contribution is 2.20. The van der Waals surface area contributed by atoms with E-state index in [9.17, 15) is 4.79 Å². The third kappa shape index (κ3) is 4.66. The molecule has 4 heteroatoms. The molecule has 2 aromatic heterocycles. The standard InChI is InChI=1S/C31H23N3O/c1-22-8-3-4-10-26(22)16-18-30-33-28-12-6-5-11-27(28)31(35)34(30)29-17-15-24(20-23(29)2)13-14-25-9-7-19-32-21-25/h3-12,15-21H,1-2H3/b18-16+. The Morgan fingerprint density at radius 2 is 1.60 bits per heavy atom. The van der Waals surface area contributed by atoms with E-state index in [2.05, 4.69) is 35.9 Å². The van der Waals surface area contributed by atoms with Crippen molar-refractivity contribution in [2.45, 2.75) is 13.8 Å². The molecule has 35 heavy (non-hydrogen) atoms. The Labute approximate surface area is 204 Å². The highest BCUT2D eigenvalue weighted by molar-refractivity contribution is 5.80. The summed E-state index contributed by atoms with van der Waals surface area (Å²) in [5.74, 6) is 6.90. The topological polar surface area (TPSA) is 47.8 Å². The smallest absolute Gasteiger partial charge is 0.266 e. The highest BCUT2D eigenvalue weighted by atomic mass is 16.1. The molecule has 5 aromatic rings. The number of hydrogen-bond donors (Lipinski definition) is 0. The maximum atomic E-state index is 13.6. The average molecular weight is 454 g/mol. The number of pyridine rings is 1. The van der Waals surface area contributed by atoms with Crippen molar-refractivity contribution in [1.82, 2.24) is 14.5 Å². The average Bonchev–Trinajstić information content (AvgIpc) is 2.88. The van der Waals surface area contributed by atoms with Gasteiger partial charge in [0.1, 0.15) is 5.82 Å². The van der Waals surface area contributed by atoms with Crippen LogP contribution in [0.2, 0.25) is 0 Å². The van der Waals surface area contributed by atoms with Crippen molar-refractivity contribution >= 4 is 23.1 Å². The van der Waals surface area contributed by atoms with Crippen LogP contribution in [0.5, 0.6) is 0 Å². The lowest BCUT2D eigenvalue weighted by molar-refractivity contribution is 0.934. The molecule has 4 nitrogen and oxygen atoms in total. The quantitative estimate of drug-likeness (QED) is 0.316. The van der Waals surface area contributed by atoms with E-state index in [4.69, 9.17) is 4.98 Å². The van der Waals surface area contributed by atoms with E-state index in [-0.39, 0.29) is 5.56 Å². The normalized spacial score (nSPS) is 10.9. The van der Waals surface area contributed by atoms with Gasteiger partial charge in [0.15, 0.2) is 0 Å². The predicted molar refractivity (Wildman–Crippen MR) is 142 cm³/mol. The van der Waals surface area contributed by atoms with Gasteiger partial charge in [0.25, 0.3) is 5.56 Å². The third-order valence-electron chi connectivity index (χ3n) is 5.85. The van der Waals surface area contributed by atoms with Crippen LogP contribution in [-0.2, 0) is 0 Å². The molecule has 0 N–H and O–H groups in total. The Morgan fingerprint density at radius 1 is 0.800 bits per heavy atom. The number of fused-ring (bicyclic) bond motifs is 1. The summed E-state index contributed by atoms with van der Waals surface area (Å²) in [4.78, 5) is 22.6. The van der Waals surface area contributed by atoms with Crippen LogP contribution in [0.25, 0.3) is 28.7 Å². The minimum Gasteiger partial charge on any atom is -0.268 e. The van der Waals surface area contributed by atoms with Crippen LogP contribution in [-0.4, -0.2) is 14.5 Å². The van der Waals surface area contributed by atoms with Crippen LogP contribution in [0.1, 0.15) is 33.6 Å². The molecule has 0 saturated heterocycles. The summed E-state index contributed by atoms with van der Waals surface area (Å²) in [6, 6.07) is 25.2. The maximum absolute atomic E-state index is 13.6. The number of rotatable bonds is 3. The molecule has 0 atom stereocenters. The van der Waals surface area contributed by atoms with Gasteiger partial charge < -0.3 is 0 Å². The van der Waals surface area contributed by atoms with Crippen LogP contribution in [0.3, 0.4) is 0 Å². The van der Waals surface area contributed by atoms with Crippen LogP contribution >= 0.6 is 0 Å². The Morgan fingerprint density at radius 3 is 2.40 bits per heavy atom. The molecule has 168 valence electrons. The summed E-state index contributed by atoms with van der Waals surface area (Å²) >= 11 is 0. The zero-order valence-electron chi connectivity index (χ0n) is 19.6. The fraction of sp³-hybridized carbons (Fsp3) is 0.0645. The zero-order valence-corrected chi connectivity index (χ0v) is 19.6. The molecule has 0 bridgehead atoms. The van der Waals surface area contributed by atoms with Crippen molar-refractivity contribution in [1.29, 1.82) is 0 Å². The lowest BCUT2D eigenvalue weighted by Gasteiger charge is -2.14. The van der Waals surface area contributed by atoms with E-state index in [0.29, 0.717) is 16.7 Å². The van der Waals surface area contributed by atoms with Gasteiger partial charge in [-0.1, -0.05) is 54.3 Å². The zero-order chi connectivity index (χ0) is 24.2. The number of aryl methyl sites for hydroxylation is 2. The second-order valence-corrected chi connectivity index (χ2v) is 8.31. The summed E-state index contributed by atoms with van der Waals surface area (Å²) < 4.78 is 1.69. The van der Waals surface area contributed by atoms with Gasteiger partial charge in [0.05, 0.1) is 16.6 Å². The maximum Gasteiger partial charge on any atom is 0.266 e. The molecule has 0 saturated carbocycles. The van der Waals surface area contributed by atoms with E-state index >= 15 is 0 Å². The number of hydrogen-bond acceptors (Lipinski definition) is 3. The van der Waals surface area contributed by atoms with Gasteiger partial charge in [-0.3, -0.25) is 14.3 Å². The molecule has 0 spiro atoms. The monoisotopic (exact) mass is 453 g/mol. The molecule has 0 aliphatic heterocycles. The first-order valence-electron chi connectivity index (χ1n) is 11.4. The molecule has 0 unspecified atom stereocenters. The van der Waals surface area contributed by atoms with Crippen molar-refractivity contribution < 1.29 is 0 Å². The van der Waals surface area contributed by atoms with Crippen LogP contribution < -0.4 is 5.56 Å². The molecule has 5 rings (SSSR count). The van der Waals surface area contributed by atoms with Crippen molar-refractivity contribution in [2.24, 2.45) is 0 Å². The SMILES string of the molecule is Cc1ccccc1/C=C/c1nc2ccccc2c(=O)n1-c1ccc(C#Cc2cccnc2)cc1C. The number of nitrogens with zero attached hydrogens (tertiary/aromatic N) is 3. The largest absolute Gasteiger partial charge is 0.268 e. The van der Waals surface area contributed by atoms with Crippen LogP contribution in [0.15, 0.2) is 96.1 Å². The third-order valence-corrected chi connectivity index (χ3v) is 5.85. The second-order valence-electron chi connectivity index (χ2n) is 8.31. The summed E-state index contributed by atoms with van der Waals surface area (Å²) in [5, 5.41) is 0.584. The molecule has 0 fully saturated rings. The minimum atomic E-state index is -0.0997. The molecular weight excluding hydrogens is 430 g/mol. The second kappa shape index (κ2) is 9.62. The summed E-state index contributed by atoms with van der Waals surface area (Å²) in [6.07, 6.45) is 7.38. The summed E-state index contributed by atoms with van der Waals surface area (Å²) in [7, 11) is 0. The van der Waals surface area contributed by atoms with Gasteiger partial charge in [0, 0.05) is 23.5 Å². The van der Waals surface area contributed by atoms with Gasteiger partial charge in [-0.2, -0.15) is 0 Å². The first kappa shape index (κ1) is 22.1. The van der Waals surface area contributed by atoms with E-state index in [1.807, 2.05) is 85.8 Å². The lowest BCUT2D eigenvalue weighted by Crippen LogP contribution is -2.23. The molecule has 0 aliphatic carbocycles. The molecule has 0 amide bonds. The van der Waals surface area contributed by atoms with E-state index in [1.165, 1.54) is 0 Å². The van der Waals surface area contributed by atoms with Gasteiger partial charge in [0.2, 0.25) is 0 Å². The van der Waals surface area contributed by atoms with Crippen molar-refractivity contribution in [3.05, 3.63) is 135 Å². The molecule has 0 radical (unpaired) electrons. The lowest BCUT2D eigenvalue weighted by atomic mass is 10.1. The first-order chi connectivity index (χ1) is 17.1. The van der Waals surface area contributed by atoms with E-state index in [1.54, 1.807) is 17.0 Å². The Bertz CT molecular complexity index is 1690. The van der Waals surface area contributed by atoms with Crippen LogP contribution in [0, 0.1) is 25.7 Å². The van der Waals surface area contributed by atoms with E-state index < -0.39 is 0 Å². The number of para-hydroxylation sites is 1. The molecule has 2 heterocycles. The van der Waals surface area contributed by atoms with Crippen molar-refractivity contribution in [3.63, 3.8) is 0 Å². The minimum absolute atomic E-state index is 0.0997. The number of aromatic nitrogens is 3. The van der Waals surface area contributed by atoms with Gasteiger partial charge in [-0.05, 0) is 79.1 Å². The van der Waals surface area contributed by atoms with Gasteiger partial charge in [-0.15, -0.1) is 0 Å². The highest BCUT2D eigenvalue weighted by Gasteiger charge is 2.13. The summed E-state index contributed by atoms with van der Waals surface area (Å²) in [5.41, 5.74) is 6.26. The van der Waals surface area contributed by atoms with Gasteiger partial charge in [-0.25, -0.2) is 4.98 Å².